The molecule has 1 aromatic heterocycles. The largest absolute Gasteiger partial charge is 0.444 e. The number of nitrogens with one attached hydrogen (secondary N) is 1. The number of anilines is 2. The van der Waals surface area contributed by atoms with Crippen LogP contribution >= 0.6 is 0 Å². The Morgan fingerprint density at radius 3 is 2.71 bits per heavy atom. The fraction of sp³-hybridized carbons (Fsp3) is 0.440. The maximum atomic E-state index is 12.2. The van der Waals surface area contributed by atoms with Gasteiger partial charge in [-0.1, -0.05) is 44.7 Å². The normalized spacial score (nSPS) is 16.5. The molecule has 0 radical (unpaired) electrons. The molecule has 9 nitrogen and oxygen atoms in total. The van der Waals surface area contributed by atoms with Crippen molar-refractivity contribution in [3.63, 3.8) is 0 Å². The zero-order valence-electron chi connectivity index (χ0n) is 19.9. The summed E-state index contributed by atoms with van der Waals surface area (Å²) in [5.41, 5.74) is 2.94. The fourth-order valence-corrected chi connectivity index (χ4v) is 3.88. The van der Waals surface area contributed by atoms with Gasteiger partial charge in [0.1, 0.15) is 12.4 Å². The quantitative estimate of drug-likeness (QED) is 0.564. The molecule has 2 aromatic rings. The van der Waals surface area contributed by atoms with E-state index in [2.05, 4.69) is 21.9 Å². The molecular weight excluding hydrogens is 434 g/mol. The van der Waals surface area contributed by atoms with E-state index < -0.39 is 0 Å². The molecule has 2 amide bonds. The van der Waals surface area contributed by atoms with E-state index in [0.717, 1.165) is 16.7 Å². The van der Waals surface area contributed by atoms with Gasteiger partial charge in [0.15, 0.2) is 0 Å². The van der Waals surface area contributed by atoms with Crippen molar-refractivity contribution in [1.29, 1.82) is 0 Å². The van der Waals surface area contributed by atoms with Crippen LogP contribution in [0.2, 0.25) is 0 Å². The first kappa shape index (κ1) is 23.7. The maximum absolute atomic E-state index is 12.2. The number of ether oxygens (including phenoxy) is 2. The molecule has 180 valence electrons. The highest BCUT2D eigenvalue weighted by molar-refractivity contribution is 5.89. The minimum Gasteiger partial charge on any atom is -0.444 e. The molecule has 4 rings (SSSR count). The van der Waals surface area contributed by atoms with Crippen LogP contribution in [0.4, 0.5) is 16.6 Å². The van der Waals surface area contributed by atoms with E-state index in [9.17, 15) is 9.59 Å². The van der Waals surface area contributed by atoms with E-state index in [0.29, 0.717) is 38.0 Å². The van der Waals surface area contributed by atoms with Gasteiger partial charge in [-0.15, -0.1) is 0 Å². The molecule has 0 aliphatic carbocycles. The number of nitrogens with zero attached hydrogens (tertiary/aromatic N) is 4. The number of likely N-dealkylation sites (tertiary alicyclic amines) is 1. The number of hydrogen-bond acceptors (Lipinski definition) is 7. The number of fused-ring (bicyclic) bond motifs is 1. The lowest BCUT2D eigenvalue weighted by Crippen LogP contribution is -2.54. The molecule has 1 aromatic carbocycles. The van der Waals surface area contributed by atoms with Gasteiger partial charge in [0.2, 0.25) is 11.9 Å². The van der Waals surface area contributed by atoms with Crippen molar-refractivity contribution in [3.05, 3.63) is 59.8 Å². The summed E-state index contributed by atoms with van der Waals surface area (Å²) in [5.74, 6) is 1.29. The second-order valence-corrected chi connectivity index (χ2v) is 9.09. The zero-order valence-corrected chi connectivity index (χ0v) is 19.9. The van der Waals surface area contributed by atoms with E-state index in [-0.39, 0.29) is 36.7 Å². The van der Waals surface area contributed by atoms with E-state index in [1.165, 1.54) is 6.08 Å². The Balaban J connectivity index is 1.34. The lowest BCUT2D eigenvalue weighted by atomic mass is 10.1. The summed E-state index contributed by atoms with van der Waals surface area (Å²) in [7, 11) is 0. The van der Waals surface area contributed by atoms with E-state index in [1.54, 1.807) is 16.0 Å². The first-order chi connectivity index (χ1) is 16.3. The van der Waals surface area contributed by atoms with Crippen molar-refractivity contribution in [2.75, 3.05) is 29.9 Å². The van der Waals surface area contributed by atoms with Gasteiger partial charge in [0.25, 0.3) is 0 Å². The molecule has 1 atom stereocenters. The Morgan fingerprint density at radius 1 is 1.29 bits per heavy atom. The molecule has 1 saturated heterocycles. The standard InChI is InChI=1S/C25H31N5O4/c1-5-22(31)29-12-21(13-29)33-14-18-6-8-19(9-7-18)17(4)27-24-26-10-20-15-34-25(32)30(11-16(2)3)23(20)28-24/h5-10,16-17,21H,1,11-15H2,2-4H3,(H,26,27,28)/t17-/m0/s1. The summed E-state index contributed by atoms with van der Waals surface area (Å²) in [6, 6.07) is 8.13. The number of rotatable bonds is 9. The number of amides is 2. The van der Waals surface area contributed by atoms with Crippen molar-refractivity contribution < 1.29 is 19.1 Å². The molecule has 9 heteroatoms. The average molecular weight is 466 g/mol. The Bertz CT molecular complexity index is 1050. The first-order valence-electron chi connectivity index (χ1n) is 11.5. The van der Waals surface area contributed by atoms with Crippen molar-refractivity contribution in [1.82, 2.24) is 14.9 Å². The summed E-state index contributed by atoms with van der Waals surface area (Å²) in [5, 5.41) is 3.33. The van der Waals surface area contributed by atoms with E-state index in [1.807, 2.05) is 45.0 Å². The van der Waals surface area contributed by atoms with Gasteiger partial charge in [0, 0.05) is 25.8 Å². The molecule has 2 aliphatic rings. The summed E-state index contributed by atoms with van der Waals surface area (Å²) >= 11 is 0. The molecule has 0 unspecified atom stereocenters. The van der Waals surface area contributed by atoms with E-state index >= 15 is 0 Å². The van der Waals surface area contributed by atoms with Crippen molar-refractivity contribution in [3.8, 4) is 0 Å². The van der Waals surface area contributed by atoms with Gasteiger partial charge < -0.3 is 19.7 Å². The lowest BCUT2D eigenvalue weighted by molar-refractivity contribution is -0.140. The molecule has 0 bridgehead atoms. The van der Waals surface area contributed by atoms with Crippen molar-refractivity contribution >= 4 is 23.8 Å². The van der Waals surface area contributed by atoms with Gasteiger partial charge in [-0.05, 0) is 30.0 Å². The Morgan fingerprint density at radius 2 is 2.03 bits per heavy atom. The van der Waals surface area contributed by atoms with Gasteiger partial charge in [-0.3, -0.25) is 9.69 Å². The third kappa shape index (κ3) is 5.36. The SMILES string of the molecule is C=CC(=O)N1CC(OCc2ccc([C@H](C)Nc3ncc4c(n3)N(CC(C)C)C(=O)OC4)cc2)C1. The van der Waals surface area contributed by atoms with Gasteiger partial charge >= 0.3 is 6.09 Å². The van der Waals surface area contributed by atoms with Crippen LogP contribution < -0.4 is 10.2 Å². The first-order valence-corrected chi connectivity index (χ1v) is 11.5. The average Bonchev–Trinajstić information content (AvgIpc) is 2.80. The molecule has 0 spiro atoms. The highest BCUT2D eigenvalue weighted by Crippen LogP contribution is 2.27. The van der Waals surface area contributed by atoms with Crippen molar-refractivity contribution in [2.45, 2.75) is 46.1 Å². The van der Waals surface area contributed by atoms with Gasteiger partial charge in [-0.25, -0.2) is 9.78 Å². The minimum absolute atomic E-state index is 0.0350. The molecule has 34 heavy (non-hydrogen) atoms. The highest BCUT2D eigenvalue weighted by Gasteiger charge is 2.30. The molecule has 0 saturated carbocycles. The topological polar surface area (TPSA) is 96.9 Å². The zero-order chi connectivity index (χ0) is 24.2. The molecular formula is C25H31N5O4. The summed E-state index contributed by atoms with van der Waals surface area (Å²) < 4.78 is 11.1. The van der Waals surface area contributed by atoms with Crippen LogP contribution in [0.25, 0.3) is 0 Å². The number of hydrogen-bond donors (Lipinski definition) is 1. The number of carbonyl (C=O) groups excluding carboxylic acids is 2. The molecule has 3 heterocycles. The van der Waals surface area contributed by atoms with Crippen LogP contribution in [0, 0.1) is 5.92 Å². The van der Waals surface area contributed by atoms with Crippen LogP contribution in [-0.2, 0) is 27.5 Å². The van der Waals surface area contributed by atoms with Crippen LogP contribution in [-0.4, -0.2) is 52.6 Å². The van der Waals surface area contributed by atoms with Gasteiger partial charge in [-0.2, -0.15) is 4.98 Å². The minimum atomic E-state index is -0.376. The van der Waals surface area contributed by atoms with Crippen molar-refractivity contribution in [2.24, 2.45) is 5.92 Å². The second-order valence-electron chi connectivity index (χ2n) is 9.09. The lowest BCUT2D eigenvalue weighted by Gasteiger charge is -2.38. The Kier molecular flexibility index (Phi) is 7.12. The fourth-order valence-electron chi connectivity index (χ4n) is 3.88. The van der Waals surface area contributed by atoms with Crippen LogP contribution in [0.15, 0.2) is 43.1 Å². The maximum Gasteiger partial charge on any atom is 0.415 e. The number of benzene rings is 1. The highest BCUT2D eigenvalue weighted by atomic mass is 16.6. The molecule has 1 fully saturated rings. The number of cyclic esters (lactones) is 1. The number of carbonyl (C=O) groups is 2. The summed E-state index contributed by atoms with van der Waals surface area (Å²) in [6.07, 6.45) is 2.73. The second kappa shape index (κ2) is 10.2. The third-order valence-electron chi connectivity index (χ3n) is 5.86. The third-order valence-corrected chi connectivity index (χ3v) is 5.86. The molecule has 2 aliphatic heterocycles. The van der Waals surface area contributed by atoms with Crippen LogP contribution in [0.1, 0.15) is 43.5 Å². The monoisotopic (exact) mass is 465 g/mol. The number of aromatic nitrogens is 2. The Labute approximate surface area is 199 Å². The van der Waals surface area contributed by atoms with Crippen LogP contribution in [0.5, 0.6) is 0 Å². The summed E-state index contributed by atoms with van der Waals surface area (Å²) in [4.78, 5) is 36.1. The Hall–Kier alpha value is -3.46. The predicted octanol–water partition coefficient (Wildman–Crippen LogP) is 3.68. The smallest absolute Gasteiger partial charge is 0.415 e. The summed E-state index contributed by atoms with van der Waals surface area (Å²) in [6.45, 7) is 12.1. The predicted molar refractivity (Wildman–Crippen MR) is 128 cm³/mol. The van der Waals surface area contributed by atoms with Crippen LogP contribution in [0.3, 0.4) is 0 Å². The van der Waals surface area contributed by atoms with E-state index in [4.69, 9.17) is 9.47 Å². The molecule has 1 N–H and O–H groups in total. The van der Waals surface area contributed by atoms with Gasteiger partial charge in [0.05, 0.1) is 24.3 Å².